The van der Waals surface area contributed by atoms with Crippen molar-refractivity contribution in [1.82, 2.24) is 15.2 Å². The predicted molar refractivity (Wildman–Crippen MR) is 167 cm³/mol. The number of amides is 1. The number of para-hydroxylation sites is 1. The van der Waals surface area contributed by atoms with Gasteiger partial charge in [0, 0.05) is 55.8 Å². The van der Waals surface area contributed by atoms with E-state index >= 15 is 0 Å². The molecule has 0 atom stereocenters. The molecule has 2 aliphatic rings. The zero-order valence-corrected chi connectivity index (χ0v) is 25.7. The van der Waals surface area contributed by atoms with Crippen molar-refractivity contribution in [2.24, 2.45) is 0 Å². The molecule has 1 saturated heterocycles. The fourth-order valence-corrected chi connectivity index (χ4v) is 8.15. The van der Waals surface area contributed by atoms with Crippen LogP contribution in [0.4, 0.5) is 10.8 Å². The normalized spacial score (nSPS) is 15.6. The molecule has 4 aromatic rings. The van der Waals surface area contributed by atoms with Crippen LogP contribution >= 0.6 is 39.7 Å². The van der Waals surface area contributed by atoms with Crippen molar-refractivity contribution in [1.29, 1.82) is 0 Å². The molecule has 0 radical (unpaired) electrons. The van der Waals surface area contributed by atoms with Gasteiger partial charge in [-0.25, -0.2) is 13.4 Å². The van der Waals surface area contributed by atoms with Crippen LogP contribution in [-0.2, 0) is 16.4 Å². The molecule has 1 aromatic heterocycles. The second-order valence-corrected chi connectivity index (χ2v) is 13.5. The van der Waals surface area contributed by atoms with E-state index in [1.807, 2.05) is 36.4 Å². The average Bonchev–Trinajstić information content (AvgIpc) is 3.58. The summed E-state index contributed by atoms with van der Waals surface area (Å²) in [7, 11) is -3.68. The maximum Gasteiger partial charge on any atom is 0.264 e. The molecule has 0 aliphatic carbocycles. The van der Waals surface area contributed by atoms with E-state index in [4.69, 9.17) is 4.98 Å². The number of hydrogen-bond acceptors (Lipinski definition) is 7. The molecule has 0 unspecified atom stereocenters. The molecule has 6 rings (SSSR count). The fourth-order valence-electron chi connectivity index (χ4n) is 5.08. The highest BCUT2D eigenvalue weighted by molar-refractivity contribution is 9.10. The summed E-state index contributed by atoms with van der Waals surface area (Å²) >= 11 is 5.24. The van der Waals surface area contributed by atoms with Gasteiger partial charge in [-0.05, 0) is 60.5 Å². The molecule has 1 amide bonds. The number of fused-ring (bicyclic) bond motifs is 2. The Morgan fingerprint density at radius 3 is 2.50 bits per heavy atom. The van der Waals surface area contributed by atoms with E-state index in [0.29, 0.717) is 25.1 Å². The standard InChI is InChI=1S/C28H28BrN5O3S2.ClH/c29-22-7-10-24-26(19-22)38-28(31-24)33-17-15-32(16-18-33)14-12-30-27(35)21-5-8-23(9-6-21)39(36,37)34-13-11-20-3-1-2-4-25(20)34;/h1-10,19H,11-18H2,(H,30,35);1H. The molecule has 8 nitrogen and oxygen atoms in total. The zero-order valence-electron chi connectivity index (χ0n) is 21.6. The number of benzene rings is 3. The first-order valence-electron chi connectivity index (χ1n) is 12.9. The molecule has 210 valence electrons. The Hall–Kier alpha value is -2.70. The number of nitrogens with zero attached hydrogens (tertiary/aromatic N) is 4. The molecular formula is C28H29BrClN5O3S2. The van der Waals surface area contributed by atoms with Crippen LogP contribution in [0.5, 0.6) is 0 Å². The molecular weight excluding hydrogens is 634 g/mol. The SMILES string of the molecule is Cl.O=C(NCCN1CCN(c2nc3ccc(Br)cc3s2)CC1)c1ccc(S(=O)(=O)N2CCc3ccccc32)cc1. The summed E-state index contributed by atoms with van der Waals surface area (Å²) in [5.41, 5.74) is 3.23. The molecule has 40 heavy (non-hydrogen) atoms. The average molecular weight is 663 g/mol. The number of halogens is 2. The lowest BCUT2D eigenvalue weighted by Gasteiger charge is -2.34. The van der Waals surface area contributed by atoms with Gasteiger partial charge >= 0.3 is 0 Å². The Morgan fingerprint density at radius 1 is 0.975 bits per heavy atom. The van der Waals surface area contributed by atoms with Gasteiger partial charge < -0.3 is 10.2 Å². The van der Waals surface area contributed by atoms with Crippen molar-refractivity contribution < 1.29 is 13.2 Å². The number of aromatic nitrogens is 1. The molecule has 1 N–H and O–H groups in total. The number of carbonyl (C=O) groups is 1. The number of hydrogen-bond donors (Lipinski definition) is 1. The van der Waals surface area contributed by atoms with Gasteiger partial charge in [0.15, 0.2) is 5.13 Å². The van der Waals surface area contributed by atoms with Crippen molar-refractivity contribution in [3.8, 4) is 0 Å². The van der Waals surface area contributed by atoms with Gasteiger partial charge in [0.1, 0.15) is 0 Å². The van der Waals surface area contributed by atoms with Crippen molar-refractivity contribution in [2.45, 2.75) is 11.3 Å². The Kier molecular flexibility index (Phi) is 8.67. The van der Waals surface area contributed by atoms with Gasteiger partial charge in [0.25, 0.3) is 15.9 Å². The van der Waals surface area contributed by atoms with Crippen molar-refractivity contribution in [3.63, 3.8) is 0 Å². The summed E-state index contributed by atoms with van der Waals surface area (Å²) in [6.07, 6.45) is 0.699. The summed E-state index contributed by atoms with van der Waals surface area (Å²) in [4.78, 5) is 22.3. The highest BCUT2D eigenvalue weighted by Crippen LogP contribution is 2.33. The van der Waals surface area contributed by atoms with E-state index in [2.05, 4.69) is 37.1 Å². The van der Waals surface area contributed by atoms with Gasteiger partial charge in [0.2, 0.25) is 0 Å². The molecule has 0 saturated carbocycles. The molecule has 3 aromatic carbocycles. The third-order valence-corrected chi connectivity index (χ3v) is 10.6. The Bertz CT molecular complexity index is 1620. The summed E-state index contributed by atoms with van der Waals surface area (Å²) in [5.74, 6) is -0.204. The van der Waals surface area contributed by atoms with Crippen molar-refractivity contribution in [3.05, 3.63) is 82.3 Å². The molecule has 1 fully saturated rings. The summed E-state index contributed by atoms with van der Waals surface area (Å²) in [6.45, 7) is 5.31. The summed E-state index contributed by atoms with van der Waals surface area (Å²) < 4.78 is 30.1. The van der Waals surface area contributed by atoms with Crippen LogP contribution in [0.2, 0.25) is 0 Å². The number of anilines is 2. The number of nitrogens with one attached hydrogen (secondary N) is 1. The molecule has 2 aliphatic heterocycles. The van der Waals surface area contributed by atoms with Crippen LogP contribution in [0.1, 0.15) is 15.9 Å². The van der Waals surface area contributed by atoms with Gasteiger partial charge in [0.05, 0.1) is 20.8 Å². The van der Waals surface area contributed by atoms with E-state index in [-0.39, 0.29) is 23.2 Å². The minimum absolute atomic E-state index is 0. The second kappa shape index (κ2) is 12.0. The fraction of sp³-hybridized carbons (Fsp3) is 0.286. The minimum atomic E-state index is -3.68. The van der Waals surface area contributed by atoms with Crippen molar-refractivity contribution in [2.75, 3.05) is 55.0 Å². The van der Waals surface area contributed by atoms with E-state index in [1.165, 1.54) is 21.1 Å². The molecule has 12 heteroatoms. The summed E-state index contributed by atoms with van der Waals surface area (Å²) in [5, 5.41) is 4.02. The third kappa shape index (κ3) is 5.84. The van der Waals surface area contributed by atoms with Crippen LogP contribution in [0, 0.1) is 0 Å². The Balaban J connectivity index is 0.00000323. The van der Waals surface area contributed by atoms with Crippen LogP contribution < -0.4 is 14.5 Å². The molecule has 3 heterocycles. The largest absolute Gasteiger partial charge is 0.351 e. The van der Waals surface area contributed by atoms with Crippen molar-refractivity contribution >= 4 is 76.6 Å². The third-order valence-electron chi connectivity index (χ3n) is 7.24. The lowest BCUT2D eigenvalue weighted by Crippen LogP contribution is -2.48. The first-order valence-corrected chi connectivity index (χ1v) is 16.0. The van der Waals surface area contributed by atoms with Gasteiger partial charge in [-0.1, -0.05) is 45.5 Å². The number of sulfonamides is 1. The lowest BCUT2D eigenvalue weighted by atomic mass is 10.2. The van der Waals surface area contributed by atoms with Crippen LogP contribution in [0.3, 0.4) is 0 Å². The Morgan fingerprint density at radius 2 is 1.73 bits per heavy atom. The number of thiazole rings is 1. The van der Waals surface area contributed by atoms with Gasteiger partial charge in [-0.2, -0.15) is 0 Å². The highest BCUT2D eigenvalue weighted by atomic mass is 79.9. The molecule has 0 spiro atoms. The maximum absolute atomic E-state index is 13.2. The van der Waals surface area contributed by atoms with E-state index < -0.39 is 10.0 Å². The number of carbonyl (C=O) groups excluding carboxylic acids is 1. The van der Waals surface area contributed by atoms with E-state index in [0.717, 1.165) is 59.1 Å². The second-order valence-electron chi connectivity index (χ2n) is 9.67. The minimum Gasteiger partial charge on any atom is -0.351 e. The first kappa shape index (κ1) is 28.8. The van der Waals surface area contributed by atoms with Gasteiger partial charge in [-0.3, -0.25) is 14.0 Å². The monoisotopic (exact) mass is 661 g/mol. The van der Waals surface area contributed by atoms with E-state index in [1.54, 1.807) is 23.5 Å². The Labute approximate surface area is 252 Å². The van der Waals surface area contributed by atoms with Gasteiger partial charge in [-0.15, -0.1) is 12.4 Å². The highest BCUT2D eigenvalue weighted by Gasteiger charge is 2.30. The topological polar surface area (TPSA) is 85.9 Å². The van der Waals surface area contributed by atoms with Crippen LogP contribution in [-0.4, -0.2) is 70.0 Å². The predicted octanol–water partition coefficient (Wildman–Crippen LogP) is 4.78. The van der Waals surface area contributed by atoms with Crippen LogP contribution in [0.25, 0.3) is 10.2 Å². The van der Waals surface area contributed by atoms with Crippen LogP contribution in [0.15, 0.2) is 76.1 Å². The summed E-state index contributed by atoms with van der Waals surface area (Å²) in [6, 6.07) is 19.9. The first-order chi connectivity index (χ1) is 18.9. The van der Waals surface area contributed by atoms with E-state index in [9.17, 15) is 13.2 Å². The quantitative estimate of drug-likeness (QED) is 0.307. The number of rotatable bonds is 7. The lowest BCUT2D eigenvalue weighted by molar-refractivity contribution is 0.0947. The zero-order chi connectivity index (χ0) is 27.0. The smallest absolute Gasteiger partial charge is 0.264 e. The number of piperazine rings is 1. The molecule has 0 bridgehead atoms. The maximum atomic E-state index is 13.2.